The first-order valence-electron chi connectivity index (χ1n) is 6.56. The van der Waals surface area contributed by atoms with Crippen molar-refractivity contribution < 1.29 is 17.9 Å². The average Bonchev–Trinajstić information content (AvgIpc) is 2.35. The van der Waals surface area contributed by atoms with E-state index in [9.17, 15) is 13.2 Å². The lowest BCUT2D eigenvalue weighted by Crippen LogP contribution is -2.14. The van der Waals surface area contributed by atoms with Crippen LogP contribution in [0.3, 0.4) is 0 Å². The summed E-state index contributed by atoms with van der Waals surface area (Å²) in [5.41, 5.74) is 5.80. The van der Waals surface area contributed by atoms with Gasteiger partial charge in [0.1, 0.15) is 17.4 Å². The number of nitrogens with two attached hydrogens (primary N) is 1. The number of anilines is 1. The molecule has 0 amide bonds. The molecule has 6 heteroatoms. The summed E-state index contributed by atoms with van der Waals surface area (Å²) in [7, 11) is 0. The summed E-state index contributed by atoms with van der Waals surface area (Å²) in [4.78, 5) is 0. The van der Waals surface area contributed by atoms with Crippen LogP contribution in [0.5, 0.6) is 5.75 Å². The maximum absolute atomic E-state index is 14.0. The van der Waals surface area contributed by atoms with Crippen molar-refractivity contribution in [2.45, 2.75) is 32.8 Å². The summed E-state index contributed by atoms with van der Waals surface area (Å²) in [6.45, 7) is 2.43. The Hall–Kier alpha value is -2.42. The molecule has 2 N–H and O–H groups in total. The van der Waals surface area contributed by atoms with Crippen molar-refractivity contribution in [3.05, 3.63) is 35.1 Å². The van der Waals surface area contributed by atoms with Crippen molar-refractivity contribution in [3.8, 4) is 11.8 Å². The van der Waals surface area contributed by atoms with Crippen molar-refractivity contribution in [3.63, 3.8) is 0 Å². The molecule has 0 fully saturated rings. The Morgan fingerprint density at radius 1 is 1.23 bits per heavy atom. The van der Waals surface area contributed by atoms with Gasteiger partial charge in [-0.25, -0.2) is 4.39 Å². The number of nitriles is 1. The largest absolute Gasteiger partial charge is 0.433 e. The molecule has 0 heterocycles. The van der Waals surface area contributed by atoms with Crippen molar-refractivity contribution in [1.82, 2.24) is 0 Å². The molecule has 3 nitrogen and oxygen atoms in total. The van der Waals surface area contributed by atoms with E-state index in [1.165, 1.54) is 6.07 Å². The monoisotopic (exact) mass is 308 g/mol. The van der Waals surface area contributed by atoms with Gasteiger partial charge < -0.3 is 10.5 Å². The van der Waals surface area contributed by atoms with E-state index in [1.54, 1.807) is 12.1 Å². The highest BCUT2D eigenvalue weighted by Crippen LogP contribution is 2.41. The zero-order valence-electron chi connectivity index (χ0n) is 12.4. The molecule has 2 aromatic carbocycles. The van der Waals surface area contributed by atoms with Crippen LogP contribution in [0.15, 0.2) is 18.2 Å². The Labute approximate surface area is 126 Å². The molecule has 0 aliphatic carbocycles. The van der Waals surface area contributed by atoms with Crippen molar-refractivity contribution in [2.24, 2.45) is 0 Å². The molecule has 0 atom stereocenters. The van der Waals surface area contributed by atoms with Crippen LogP contribution in [0.1, 0.15) is 31.9 Å². The zero-order chi connectivity index (χ0) is 16.7. The number of fused-ring (bicyclic) bond motifs is 1. The van der Waals surface area contributed by atoms with Crippen LogP contribution >= 0.6 is 0 Å². The molecule has 0 radical (unpaired) electrons. The van der Waals surface area contributed by atoms with Gasteiger partial charge in [0, 0.05) is 11.1 Å². The van der Waals surface area contributed by atoms with E-state index in [0.29, 0.717) is 16.6 Å². The Kier molecular flexibility index (Phi) is 3.92. The number of halogens is 3. The van der Waals surface area contributed by atoms with Crippen molar-refractivity contribution >= 4 is 16.5 Å². The average molecular weight is 308 g/mol. The third kappa shape index (κ3) is 2.80. The highest BCUT2D eigenvalue weighted by atomic mass is 19.3. The summed E-state index contributed by atoms with van der Waals surface area (Å²) in [6.07, 6.45) is 0. The summed E-state index contributed by atoms with van der Waals surface area (Å²) >= 11 is 0. The molecule has 2 aromatic rings. The van der Waals surface area contributed by atoms with E-state index < -0.39 is 29.2 Å². The van der Waals surface area contributed by atoms with Crippen LogP contribution in [0.25, 0.3) is 10.8 Å². The first-order chi connectivity index (χ1) is 10.1. The van der Waals surface area contributed by atoms with Gasteiger partial charge in [0.15, 0.2) is 5.75 Å². The van der Waals surface area contributed by atoms with E-state index in [0.717, 1.165) is 6.07 Å². The number of rotatable bonds is 2. The maximum Gasteiger partial charge on any atom is 0.387 e. The first-order valence-corrected chi connectivity index (χ1v) is 6.56. The molecular formula is C16H15F3N2O. The van der Waals surface area contributed by atoms with E-state index in [4.69, 9.17) is 11.0 Å². The molecule has 116 valence electrons. The number of hydrogen-bond donors (Lipinski definition) is 1. The van der Waals surface area contributed by atoms with Crippen LogP contribution in [0.2, 0.25) is 0 Å². The Balaban J connectivity index is 3.00. The number of ether oxygens (including phenoxy) is 1. The predicted molar refractivity (Wildman–Crippen MR) is 78.4 cm³/mol. The van der Waals surface area contributed by atoms with Crippen molar-refractivity contribution in [1.29, 1.82) is 5.26 Å². The van der Waals surface area contributed by atoms with E-state index in [1.807, 2.05) is 20.8 Å². The number of nitrogens with zero attached hydrogens (tertiary/aromatic N) is 1. The number of nitrogen functional groups attached to an aromatic ring is 1. The van der Waals surface area contributed by atoms with Gasteiger partial charge in [-0.2, -0.15) is 14.0 Å². The van der Waals surface area contributed by atoms with Crippen LogP contribution in [-0.2, 0) is 5.41 Å². The van der Waals surface area contributed by atoms with Gasteiger partial charge in [0.2, 0.25) is 0 Å². The lowest BCUT2D eigenvalue weighted by atomic mass is 9.82. The molecule has 0 unspecified atom stereocenters. The molecule has 0 bridgehead atoms. The second-order valence-corrected chi connectivity index (χ2v) is 5.97. The molecule has 0 aliphatic rings. The lowest BCUT2D eigenvalue weighted by Gasteiger charge is -2.24. The molecule has 0 aliphatic heterocycles. The fourth-order valence-electron chi connectivity index (χ4n) is 2.40. The second kappa shape index (κ2) is 5.41. The van der Waals surface area contributed by atoms with Gasteiger partial charge in [-0.1, -0.05) is 20.8 Å². The number of alkyl halides is 2. The van der Waals surface area contributed by atoms with Crippen LogP contribution in [0, 0.1) is 17.1 Å². The Bertz CT molecular complexity index is 774. The maximum atomic E-state index is 14.0. The lowest BCUT2D eigenvalue weighted by molar-refractivity contribution is -0.0491. The number of hydrogen-bond acceptors (Lipinski definition) is 3. The molecule has 0 aromatic heterocycles. The third-order valence-electron chi connectivity index (χ3n) is 3.29. The van der Waals surface area contributed by atoms with Crippen LogP contribution < -0.4 is 10.5 Å². The summed E-state index contributed by atoms with van der Waals surface area (Å²) in [5.74, 6) is -1.37. The SMILES string of the molecule is CC(C)(C)c1cc(N)cc2cc(F)c(C#N)c(OC(F)F)c12. The highest BCUT2D eigenvalue weighted by molar-refractivity contribution is 5.96. The summed E-state index contributed by atoms with van der Waals surface area (Å²) < 4.78 is 43.9. The van der Waals surface area contributed by atoms with E-state index in [-0.39, 0.29) is 5.39 Å². The highest BCUT2D eigenvalue weighted by Gasteiger charge is 2.25. The Morgan fingerprint density at radius 3 is 2.36 bits per heavy atom. The van der Waals surface area contributed by atoms with E-state index >= 15 is 0 Å². The smallest absolute Gasteiger partial charge is 0.387 e. The summed E-state index contributed by atoms with van der Waals surface area (Å²) in [6, 6.07) is 5.79. The topological polar surface area (TPSA) is 59.0 Å². The summed E-state index contributed by atoms with van der Waals surface area (Å²) in [5, 5.41) is 9.67. The fourth-order valence-corrected chi connectivity index (χ4v) is 2.40. The van der Waals surface area contributed by atoms with Crippen LogP contribution in [-0.4, -0.2) is 6.61 Å². The quantitative estimate of drug-likeness (QED) is 0.840. The van der Waals surface area contributed by atoms with Crippen molar-refractivity contribution in [2.75, 3.05) is 5.73 Å². The minimum Gasteiger partial charge on any atom is -0.433 e. The predicted octanol–water partition coefficient (Wildman–Crippen LogP) is 4.33. The zero-order valence-corrected chi connectivity index (χ0v) is 12.4. The van der Waals surface area contributed by atoms with Gasteiger partial charge in [-0.15, -0.1) is 0 Å². The van der Waals surface area contributed by atoms with Gasteiger partial charge >= 0.3 is 6.61 Å². The third-order valence-corrected chi connectivity index (χ3v) is 3.29. The normalized spacial score (nSPS) is 11.7. The molecule has 0 saturated heterocycles. The molecule has 0 spiro atoms. The minimum absolute atomic E-state index is 0.278. The molecular weight excluding hydrogens is 293 g/mol. The van der Waals surface area contributed by atoms with Crippen LogP contribution in [0.4, 0.5) is 18.9 Å². The minimum atomic E-state index is -3.16. The Morgan fingerprint density at radius 2 is 1.86 bits per heavy atom. The van der Waals surface area contributed by atoms with E-state index in [2.05, 4.69) is 4.74 Å². The molecule has 0 saturated carbocycles. The van der Waals surface area contributed by atoms with Gasteiger partial charge in [-0.3, -0.25) is 0 Å². The van der Waals surface area contributed by atoms with Gasteiger partial charge in [0.05, 0.1) is 0 Å². The number of benzene rings is 2. The second-order valence-electron chi connectivity index (χ2n) is 5.97. The molecule has 22 heavy (non-hydrogen) atoms. The first kappa shape index (κ1) is 16.0. The van der Waals surface area contributed by atoms with Gasteiger partial charge in [0.25, 0.3) is 0 Å². The fraction of sp³-hybridized carbons (Fsp3) is 0.312. The molecule has 2 rings (SSSR count). The standard InChI is InChI=1S/C16H15F3N2O/c1-16(2,3)11-6-9(21)4-8-5-12(17)10(7-20)14(13(8)11)22-15(18)19/h4-6,15H,21H2,1-3H3. The van der Waals surface area contributed by atoms with Gasteiger partial charge in [-0.05, 0) is 34.6 Å².